The molecule has 0 radical (unpaired) electrons. The second kappa shape index (κ2) is 12.3. The zero-order valence-electron chi connectivity index (χ0n) is 22.1. The van der Waals surface area contributed by atoms with Crippen molar-refractivity contribution >= 4 is 34.5 Å². The number of esters is 1. The van der Waals surface area contributed by atoms with E-state index >= 15 is 0 Å². The number of thioether (sulfide) groups is 1. The molecule has 0 bridgehead atoms. The highest BCUT2D eigenvalue weighted by Crippen LogP contribution is 2.40. The van der Waals surface area contributed by atoms with Crippen LogP contribution in [0.5, 0.6) is 0 Å². The highest BCUT2D eigenvalue weighted by molar-refractivity contribution is 8.13. The molecule has 0 saturated carbocycles. The summed E-state index contributed by atoms with van der Waals surface area (Å²) in [5.74, 6) is 0.435. The summed E-state index contributed by atoms with van der Waals surface area (Å²) in [5, 5.41) is 3.91. The molecule has 5 rings (SSSR count). The molecule has 0 aromatic heterocycles. The minimum Gasteiger partial charge on any atom is -0.460 e. The highest BCUT2D eigenvalue weighted by atomic mass is 32.2. The van der Waals surface area contributed by atoms with Crippen molar-refractivity contribution < 1.29 is 19.1 Å². The monoisotopic (exact) mass is 541 g/mol. The molecule has 3 aromatic carbocycles. The number of amidine groups is 1. The molecule has 0 aliphatic carbocycles. The third kappa shape index (κ3) is 6.08. The average molecular weight is 542 g/mol. The molecule has 0 spiro atoms. The highest BCUT2D eigenvalue weighted by Gasteiger charge is 2.37. The van der Waals surface area contributed by atoms with Gasteiger partial charge in [0.15, 0.2) is 5.17 Å². The Morgan fingerprint density at radius 1 is 0.974 bits per heavy atom. The van der Waals surface area contributed by atoms with Crippen LogP contribution < -0.4 is 5.32 Å². The first kappa shape index (κ1) is 26.7. The number of rotatable bonds is 8. The number of amides is 1. The Kier molecular flexibility index (Phi) is 8.44. The lowest BCUT2D eigenvalue weighted by molar-refractivity contribution is -0.141. The van der Waals surface area contributed by atoms with Crippen molar-refractivity contribution in [3.8, 4) is 11.1 Å². The van der Waals surface area contributed by atoms with Gasteiger partial charge in [-0.15, -0.1) is 0 Å². The van der Waals surface area contributed by atoms with Crippen LogP contribution >= 0.6 is 11.8 Å². The molecule has 1 atom stereocenters. The van der Waals surface area contributed by atoms with E-state index < -0.39 is 0 Å². The Labute approximate surface area is 232 Å². The summed E-state index contributed by atoms with van der Waals surface area (Å²) in [6, 6.07) is 25.0. The maximum Gasteiger partial charge on any atom is 0.338 e. The van der Waals surface area contributed by atoms with Gasteiger partial charge in [0.2, 0.25) is 0 Å². The Morgan fingerprint density at radius 2 is 1.69 bits per heavy atom. The van der Waals surface area contributed by atoms with Crippen LogP contribution in [0.4, 0.5) is 5.69 Å². The van der Waals surface area contributed by atoms with Gasteiger partial charge in [0, 0.05) is 30.7 Å². The van der Waals surface area contributed by atoms with Crippen molar-refractivity contribution in [1.29, 1.82) is 0 Å². The lowest BCUT2D eigenvalue weighted by Gasteiger charge is -2.40. The molecule has 1 amide bonds. The lowest BCUT2D eigenvalue weighted by atomic mass is 9.94. The van der Waals surface area contributed by atoms with E-state index in [9.17, 15) is 9.59 Å². The lowest BCUT2D eigenvalue weighted by Crippen LogP contribution is -2.42. The van der Waals surface area contributed by atoms with E-state index in [1.54, 1.807) is 18.9 Å². The van der Waals surface area contributed by atoms with Crippen molar-refractivity contribution in [1.82, 2.24) is 4.90 Å². The minimum absolute atomic E-state index is 0.181. The molecule has 8 heteroatoms. The van der Waals surface area contributed by atoms with Gasteiger partial charge < -0.3 is 19.7 Å². The molecule has 7 nitrogen and oxygen atoms in total. The SMILES string of the molecule is COCCOC(=O)C1=C(C)N=C2SCCCN2[C@H]1c1ccc(NC(=O)c2ccc(-c3ccccc3)cc2)cc1. The summed E-state index contributed by atoms with van der Waals surface area (Å²) in [7, 11) is 1.57. The fourth-order valence-corrected chi connectivity index (χ4v) is 5.79. The fourth-order valence-electron chi connectivity index (χ4n) is 4.77. The summed E-state index contributed by atoms with van der Waals surface area (Å²) in [6.45, 7) is 3.18. The first-order valence-corrected chi connectivity index (χ1v) is 14.0. The van der Waals surface area contributed by atoms with Crippen molar-refractivity contribution in [3.63, 3.8) is 0 Å². The molecule has 39 heavy (non-hydrogen) atoms. The molecule has 0 unspecified atom stereocenters. The van der Waals surface area contributed by atoms with E-state index in [0.29, 0.717) is 29.1 Å². The second-order valence-electron chi connectivity index (χ2n) is 9.34. The number of ether oxygens (including phenoxy) is 2. The predicted octanol–water partition coefficient (Wildman–Crippen LogP) is 5.92. The average Bonchev–Trinajstić information content (AvgIpc) is 2.97. The number of aliphatic imine (C=N–C) groups is 1. The summed E-state index contributed by atoms with van der Waals surface area (Å²) in [6.07, 6.45) is 1.00. The van der Waals surface area contributed by atoms with Crippen LogP contribution in [0.2, 0.25) is 0 Å². The molecule has 1 fully saturated rings. The quantitative estimate of drug-likeness (QED) is 0.282. The molecule has 2 aliphatic rings. The molecule has 2 heterocycles. The van der Waals surface area contributed by atoms with E-state index in [2.05, 4.69) is 10.2 Å². The third-order valence-electron chi connectivity index (χ3n) is 6.74. The van der Waals surface area contributed by atoms with Gasteiger partial charge >= 0.3 is 5.97 Å². The van der Waals surface area contributed by atoms with Crippen molar-refractivity contribution in [3.05, 3.63) is 101 Å². The number of carbonyl (C=O) groups is 2. The molecule has 2 aliphatic heterocycles. The van der Waals surface area contributed by atoms with Crippen LogP contribution in [-0.2, 0) is 14.3 Å². The maximum atomic E-state index is 13.1. The number of hydrogen-bond donors (Lipinski definition) is 1. The smallest absolute Gasteiger partial charge is 0.338 e. The summed E-state index contributed by atoms with van der Waals surface area (Å²) >= 11 is 1.71. The fraction of sp³-hybridized carbons (Fsp3) is 0.258. The van der Waals surface area contributed by atoms with E-state index in [1.807, 2.05) is 85.8 Å². The largest absolute Gasteiger partial charge is 0.460 e. The van der Waals surface area contributed by atoms with E-state index in [0.717, 1.165) is 40.6 Å². The van der Waals surface area contributed by atoms with Gasteiger partial charge in [-0.1, -0.05) is 66.4 Å². The molecule has 3 aromatic rings. The molecule has 1 saturated heterocycles. The minimum atomic E-state index is -0.385. The number of anilines is 1. The van der Waals surface area contributed by atoms with Crippen LogP contribution in [0.25, 0.3) is 11.1 Å². The van der Waals surface area contributed by atoms with Gasteiger partial charge in [-0.25, -0.2) is 9.79 Å². The van der Waals surface area contributed by atoms with Gasteiger partial charge in [-0.3, -0.25) is 4.79 Å². The van der Waals surface area contributed by atoms with Gasteiger partial charge in [-0.05, 0) is 54.3 Å². The van der Waals surface area contributed by atoms with Crippen molar-refractivity contribution in [2.45, 2.75) is 19.4 Å². The van der Waals surface area contributed by atoms with Crippen molar-refractivity contribution in [2.24, 2.45) is 4.99 Å². The predicted molar refractivity (Wildman–Crippen MR) is 156 cm³/mol. The topological polar surface area (TPSA) is 80.2 Å². The summed E-state index contributed by atoms with van der Waals surface area (Å²) in [5.41, 5.74) is 5.56. The van der Waals surface area contributed by atoms with Crippen LogP contribution in [-0.4, -0.2) is 54.6 Å². The van der Waals surface area contributed by atoms with Crippen molar-refractivity contribution in [2.75, 3.05) is 37.9 Å². The Morgan fingerprint density at radius 3 is 2.41 bits per heavy atom. The zero-order chi connectivity index (χ0) is 27.2. The molecular formula is C31H31N3O4S. The van der Waals surface area contributed by atoms with Gasteiger partial charge in [-0.2, -0.15) is 0 Å². The number of benzene rings is 3. The first-order valence-electron chi connectivity index (χ1n) is 13.0. The van der Waals surface area contributed by atoms with Crippen LogP contribution in [0, 0.1) is 0 Å². The number of methoxy groups -OCH3 is 1. The molecule has 1 N–H and O–H groups in total. The summed E-state index contributed by atoms with van der Waals surface area (Å²) in [4.78, 5) is 33.0. The Bertz CT molecular complexity index is 1390. The van der Waals surface area contributed by atoms with E-state index in [4.69, 9.17) is 14.5 Å². The number of nitrogens with one attached hydrogen (secondary N) is 1. The number of carbonyl (C=O) groups excluding carboxylic acids is 2. The normalized spacial score (nSPS) is 16.8. The maximum absolute atomic E-state index is 13.1. The zero-order valence-corrected chi connectivity index (χ0v) is 22.9. The first-order chi connectivity index (χ1) is 19.0. The van der Waals surface area contributed by atoms with Crippen LogP contribution in [0.1, 0.15) is 35.3 Å². The summed E-state index contributed by atoms with van der Waals surface area (Å²) < 4.78 is 10.5. The van der Waals surface area contributed by atoms with Gasteiger partial charge in [0.25, 0.3) is 5.91 Å². The third-order valence-corrected chi connectivity index (χ3v) is 7.81. The molecule has 200 valence electrons. The second-order valence-corrected chi connectivity index (χ2v) is 10.4. The van der Waals surface area contributed by atoms with E-state index in [1.165, 1.54) is 0 Å². The Hall–Kier alpha value is -3.88. The van der Waals surface area contributed by atoms with E-state index in [-0.39, 0.29) is 24.5 Å². The number of fused-ring (bicyclic) bond motifs is 1. The Balaban J connectivity index is 1.33. The number of allylic oxidation sites excluding steroid dienone is 1. The van der Waals surface area contributed by atoms with Gasteiger partial charge in [0.1, 0.15) is 6.61 Å². The van der Waals surface area contributed by atoms with Gasteiger partial charge in [0.05, 0.1) is 23.9 Å². The molecular weight excluding hydrogens is 510 g/mol. The van der Waals surface area contributed by atoms with Crippen LogP contribution in [0.15, 0.2) is 95.1 Å². The number of nitrogens with zero attached hydrogens (tertiary/aromatic N) is 2. The number of hydrogen-bond acceptors (Lipinski definition) is 7. The standard InChI is InChI=1S/C31H31N3O4S/c1-21-27(30(36)38-19-18-37-2)28(34-17-6-20-39-31(34)32-21)24-13-15-26(16-14-24)33-29(35)25-11-9-23(10-12-25)22-7-4-3-5-8-22/h3-5,7-16,28H,6,17-20H2,1-2H3,(H,33,35)/t28-/m0/s1. The van der Waals surface area contributed by atoms with Crippen LogP contribution in [0.3, 0.4) is 0 Å².